The Labute approximate surface area is 111 Å². The van der Waals surface area contributed by atoms with Crippen molar-refractivity contribution in [3.63, 3.8) is 0 Å². The first-order chi connectivity index (χ1) is 9.22. The third kappa shape index (κ3) is 1.76. The van der Waals surface area contributed by atoms with Crippen molar-refractivity contribution in [2.75, 3.05) is 5.73 Å². The Morgan fingerprint density at radius 2 is 2.00 bits per heavy atom. The topological polar surface area (TPSA) is 56.7 Å². The molecule has 0 saturated heterocycles. The van der Waals surface area contributed by atoms with Gasteiger partial charge in [-0.1, -0.05) is 31.2 Å². The van der Waals surface area contributed by atoms with Gasteiger partial charge in [-0.2, -0.15) is 0 Å². The van der Waals surface area contributed by atoms with Crippen molar-refractivity contribution < 1.29 is 0 Å². The Hall–Kier alpha value is -2.36. The van der Waals surface area contributed by atoms with Gasteiger partial charge in [-0.25, -0.2) is 4.98 Å². The van der Waals surface area contributed by atoms with Crippen LogP contribution in [0.1, 0.15) is 12.7 Å². The number of nitrogen functional groups attached to an aromatic ring is 1. The highest BCUT2D eigenvalue weighted by atomic mass is 15.1. The number of rotatable bonds is 2. The zero-order valence-corrected chi connectivity index (χ0v) is 11.1. The minimum atomic E-state index is 0.690. The number of anilines is 1. The molecule has 0 radical (unpaired) electrons. The maximum absolute atomic E-state index is 6.17. The van der Waals surface area contributed by atoms with Gasteiger partial charge in [0.15, 0.2) is 0 Å². The quantitative estimate of drug-likeness (QED) is 0.763. The number of imidazole rings is 1. The molecule has 0 spiro atoms. The van der Waals surface area contributed by atoms with Crippen LogP contribution >= 0.6 is 0 Å². The number of hydrogen-bond donors (Lipinski definition) is 1. The van der Waals surface area contributed by atoms with E-state index in [2.05, 4.69) is 16.9 Å². The van der Waals surface area contributed by atoms with Gasteiger partial charge in [0, 0.05) is 30.6 Å². The van der Waals surface area contributed by atoms with Crippen molar-refractivity contribution in [3.05, 3.63) is 42.4 Å². The predicted octanol–water partition coefficient (Wildman–Crippen LogP) is 2.78. The van der Waals surface area contributed by atoms with Gasteiger partial charge >= 0.3 is 0 Å². The molecule has 0 fully saturated rings. The molecule has 0 bridgehead atoms. The molecule has 0 amide bonds. The summed E-state index contributed by atoms with van der Waals surface area (Å²) >= 11 is 0. The fourth-order valence-electron chi connectivity index (χ4n) is 2.37. The standard InChI is InChI=1S/C15H16N4/c1-3-12-18-14(15(16)19(12)2)11-8-4-6-10-7-5-9-17-13(10)11/h4-9H,3,16H2,1-2H3. The van der Waals surface area contributed by atoms with E-state index in [0.717, 1.165) is 34.4 Å². The highest BCUT2D eigenvalue weighted by Gasteiger charge is 2.15. The van der Waals surface area contributed by atoms with Crippen molar-refractivity contribution in [1.29, 1.82) is 0 Å². The molecule has 4 heteroatoms. The summed E-state index contributed by atoms with van der Waals surface area (Å²) in [6, 6.07) is 10.1. The number of fused-ring (bicyclic) bond motifs is 1. The summed E-state index contributed by atoms with van der Waals surface area (Å²) < 4.78 is 1.94. The number of pyridine rings is 1. The fourth-order valence-corrected chi connectivity index (χ4v) is 2.37. The van der Waals surface area contributed by atoms with Crippen LogP contribution in [0.2, 0.25) is 0 Å². The highest BCUT2D eigenvalue weighted by molar-refractivity contribution is 5.94. The fraction of sp³-hybridized carbons (Fsp3) is 0.200. The molecule has 19 heavy (non-hydrogen) atoms. The van der Waals surface area contributed by atoms with Crippen LogP contribution in [0.25, 0.3) is 22.2 Å². The average molecular weight is 252 g/mol. The second kappa shape index (κ2) is 4.39. The van der Waals surface area contributed by atoms with Crippen molar-refractivity contribution in [3.8, 4) is 11.3 Å². The molecule has 2 aromatic heterocycles. The zero-order chi connectivity index (χ0) is 13.4. The van der Waals surface area contributed by atoms with Gasteiger partial charge < -0.3 is 10.3 Å². The van der Waals surface area contributed by atoms with E-state index in [1.807, 2.05) is 41.9 Å². The Balaban J connectivity index is 2.30. The largest absolute Gasteiger partial charge is 0.383 e. The SMILES string of the molecule is CCc1nc(-c2cccc3cccnc23)c(N)n1C. The van der Waals surface area contributed by atoms with Crippen molar-refractivity contribution in [1.82, 2.24) is 14.5 Å². The Morgan fingerprint density at radius 3 is 2.74 bits per heavy atom. The summed E-state index contributed by atoms with van der Waals surface area (Å²) in [5.41, 5.74) is 8.93. The van der Waals surface area contributed by atoms with Crippen LogP contribution in [-0.2, 0) is 13.5 Å². The van der Waals surface area contributed by atoms with Crippen LogP contribution < -0.4 is 5.73 Å². The molecule has 0 saturated carbocycles. The van der Waals surface area contributed by atoms with E-state index in [9.17, 15) is 0 Å². The monoisotopic (exact) mass is 252 g/mol. The molecule has 0 aliphatic rings. The lowest BCUT2D eigenvalue weighted by molar-refractivity contribution is 0.816. The molecule has 0 aliphatic heterocycles. The van der Waals surface area contributed by atoms with Gasteiger partial charge in [0.2, 0.25) is 0 Å². The molecular formula is C15H16N4. The van der Waals surface area contributed by atoms with Gasteiger partial charge in [-0.05, 0) is 6.07 Å². The molecule has 96 valence electrons. The number of aryl methyl sites for hydroxylation is 1. The maximum Gasteiger partial charge on any atom is 0.131 e. The predicted molar refractivity (Wildman–Crippen MR) is 77.7 cm³/mol. The lowest BCUT2D eigenvalue weighted by Crippen LogP contribution is -2.00. The summed E-state index contributed by atoms with van der Waals surface area (Å²) in [6.07, 6.45) is 2.66. The van der Waals surface area contributed by atoms with Gasteiger partial charge in [0.1, 0.15) is 17.3 Å². The molecular weight excluding hydrogens is 236 g/mol. The summed E-state index contributed by atoms with van der Waals surface area (Å²) in [6.45, 7) is 2.08. The highest BCUT2D eigenvalue weighted by Crippen LogP contribution is 2.30. The van der Waals surface area contributed by atoms with Crippen molar-refractivity contribution in [2.45, 2.75) is 13.3 Å². The van der Waals surface area contributed by atoms with Crippen LogP contribution in [0.4, 0.5) is 5.82 Å². The minimum Gasteiger partial charge on any atom is -0.383 e. The van der Waals surface area contributed by atoms with Gasteiger partial charge in [0.25, 0.3) is 0 Å². The van der Waals surface area contributed by atoms with E-state index in [1.165, 1.54) is 0 Å². The normalized spacial score (nSPS) is 11.1. The van der Waals surface area contributed by atoms with Crippen LogP contribution in [0.3, 0.4) is 0 Å². The molecule has 0 unspecified atom stereocenters. The number of aromatic nitrogens is 3. The molecule has 2 heterocycles. The molecule has 4 nitrogen and oxygen atoms in total. The van der Waals surface area contributed by atoms with Gasteiger partial charge in [0.05, 0.1) is 5.52 Å². The second-order valence-corrected chi connectivity index (χ2v) is 4.56. The lowest BCUT2D eigenvalue weighted by atomic mass is 10.1. The number of nitrogens with zero attached hydrogens (tertiary/aromatic N) is 3. The smallest absolute Gasteiger partial charge is 0.131 e. The van der Waals surface area contributed by atoms with Gasteiger partial charge in [-0.15, -0.1) is 0 Å². The van der Waals surface area contributed by atoms with Crippen molar-refractivity contribution in [2.24, 2.45) is 7.05 Å². The Bertz CT molecular complexity index is 738. The summed E-state index contributed by atoms with van der Waals surface area (Å²) in [7, 11) is 1.95. The lowest BCUT2D eigenvalue weighted by Gasteiger charge is -2.04. The molecule has 3 aromatic rings. The van der Waals surface area contributed by atoms with Crippen LogP contribution in [0.5, 0.6) is 0 Å². The molecule has 0 aliphatic carbocycles. The van der Waals surface area contributed by atoms with E-state index >= 15 is 0 Å². The first kappa shape index (κ1) is 11.7. The Kier molecular flexibility index (Phi) is 2.71. The van der Waals surface area contributed by atoms with Crippen molar-refractivity contribution >= 4 is 16.7 Å². The third-order valence-electron chi connectivity index (χ3n) is 3.44. The molecule has 0 atom stereocenters. The molecule has 2 N–H and O–H groups in total. The third-order valence-corrected chi connectivity index (χ3v) is 3.44. The molecule has 1 aromatic carbocycles. The van der Waals surface area contributed by atoms with Crippen LogP contribution in [-0.4, -0.2) is 14.5 Å². The Morgan fingerprint density at radius 1 is 1.21 bits per heavy atom. The average Bonchev–Trinajstić information content (AvgIpc) is 2.74. The first-order valence-corrected chi connectivity index (χ1v) is 6.37. The summed E-state index contributed by atoms with van der Waals surface area (Å²) in [5, 5.41) is 1.10. The van der Waals surface area contributed by atoms with E-state index in [0.29, 0.717) is 5.82 Å². The van der Waals surface area contributed by atoms with Crippen LogP contribution in [0.15, 0.2) is 36.5 Å². The first-order valence-electron chi connectivity index (χ1n) is 6.37. The van der Waals surface area contributed by atoms with E-state index in [1.54, 1.807) is 6.20 Å². The zero-order valence-electron chi connectivity index (χ0n) is 11.1. The van der Waals surface area contributed by atoms with E-state index in [4.69, 9.17) is 5.73 Å². The number of benzene rings is 1. The van der Waals surface area contributed by atoms with E-state index in [-0.39, 0.29) is 0 Å². The minimum absolute atomic E-state index is 0.690. The second-order valence-electron chi connectivity index (χ2n) is 4.56. The van der Waals surface area contributed by atoms with Crippen LogP contribution in [0, 0.1) is 0 Å². The summed E-state index contributed by atoms with van der Waals surface area (Å²) in [4.78, 5) is 9.10. The number of nitrogens with two attached hydrogens (primary N) is 1. The molecule has 3 rings (SSSR count). The van der Waals surface area contributed by atoms with Gasteiger partial charge in [-0.3, -0.25) is 4.98 Å². The summed E-state index contributed by atoms with van der Waals surface area (Å²) in [5.74, 6) is 1.68. The maximum atomic E-state index is 6.17. The number of hydrogen-bond acceptors (Lipinski definition) is 3. The van der Waals surface area contributed by atoms with E-state index < -0.39 is 0 Å². The number of para-hydroxylation sites is 1.